The summed E-state index contributed by atoms with van der Waals surface area (Å²) in [4.78, 5) is 17.1. The average Bonchev–Trinajstić information content (AvgIpc) is 2.76. The third kappa shape index (κ3) is 1.25. The molecule has 0 amide bonds. The van der Waals surface area contributed by atoms with Gasteiger partial charge < -0.3 is 10.0 Å². The Morgan fingerprint density at radius 3 is 3.25 bits per heavy atom. The van der Waals surface area contributed by atoms with E-state index in [2.05, 4.69) is 4.98 Å². The normalized spacial score (nSPS) is 17.4. The largest absolute Gasteiger partial charge is 0.478 e. The Bertz CT molecular complexity index is 537. The Labute approximate surface area is 96.3 Å². The molecular weight excluding hydrogens is 224 g/mol. The van der Waals surface area contributed by atoms with Crippen LogP contribution in [0.15, 0.2) is 40.7 Å². The number of thioether (sulfide) groups is 1. The second kappa shape index (κ2) is 3.38. The minimum absolute atomic E-state index is 0.440. The zero-order valence-electron chi connectivity index (χ0n) is 8.25. The summed E-state index contributed by atoms with van der Waals surface area (Å²) in [6.07, 6.45) is 5.78. The first-order valence-electron chi connectivity index (χ1n) is 4.79. The van der Waals surface area contributed by atoms with Crippen LogP contribution in [0.3, 0.4) is 0 Å². The third-order valence-electron chi connectivity index (χ3n) is 2.63. The van der Waals surface area contributed by atoms with Gasteiger partial charge >= 0.3 is 5.97 Å². The molecule has 0 atom stereocenters. The molecule has 1 aromatic rings. The van der Waals surface area contributed by atoms with Gasteiger partial charge in [0.2, 0.25) is 0 Å². The topological polar surface area (TPSA) is 53.4 Å². The van der Waals surface area contributed by atoms with Crippen LogP contribution in [-0.2, 0) is 11.2 Å². The van der Waals surface area contributed by atoms with Crippen molar-refractivity contribution in [3.8, 4) is 0 Å². The van der Waals surface area contributed by atoms with Crippen LogP contribution in [0.4, 0.5) is 5.69 Å². The summed E-state index contributed by atoms with van der Waals surface area (Å²) in [6.45, 7) is 0. The fourth-order valence-corrected chi connectivity index (χ4v) is 2.80. The number of fused-ring (bicyclic) bond motifs is 3. The van der Waals surface area contributed by atoms with Crippen molar-refractivity contribution in [2.75, 3.05) is 4.90 Å². The van der Waals surface area contributed by atoms with Gasteiger partial charge in [-0.25, -0.2) is 4.79 Å². The summed E-state index contributed by atoms with van der Waals surface area (Å²) in [5, 5.41) is 11.9. The molecule has 0 aliphatic carbocycles. The molecule has 0 radical (unpaired) electrons. The van der Waals surface area contributed by atoms with Gasteiger partial charge in [0, 0.05) is 25.0 Å². The van der Waals surface area contributed by atoms with E-state index in [1.165, 1.54) is 11.8 Å². The highest BCUT2D eigenvalue weighted by Gasteiger charge is 2.29. The lowest BCUT2D eigenvalue weighted by atomic mass is 10.0. The maximum Gasteiger partial charge on any atom is 0.334 e. The van der Waals surface area contributed by atoms with E-state index in [1.807, 2.05) is 22.6 Å². The zero-order chi connectivity index (χ0) is 11.1. The number of carboxylic acid groups (broad SMARTS) is 1. The third-order valence-corrected chi connectivity index (χ3v) is 3.55. The summed E-state index contributed by atoms with van der Waals surface area (Å²) < 4.78 is 0. The van der Waals surface area contributed by atoms with Crippen LogP contribution in [0.5, 0.6) is 0 Å². The lowest BCUT2D eigenvalue weighted by molar-refractivity contribution is -0.132. The monoisotopic (exact) mass is 232 g/mol. The minimum atomic E-state index is -0.856. The molecule has 4 nitrogen and oxygen atoms in total. The molecule has 1 aromatic heterocycles. The van der Waals surface area contributed by atoms with Crippen molar-refractivity contribution in [1.29, 1.82) is 0 Å². The smallest absolute Gasteiger partial charge is 0.334 e. The van der Waals surface area contributed by atoms with Gasteiger partial charge in [-0.2, -0.15) is 0 Å². The number of hydrogen-bond donors (Lipinski definition) is 1. The number of carbonyl (C=O) groups is 1. The standard InChI is InChI=1S/C11H8N2O2S/c14-11(15)8-5-7-6-12-2-1-9(7)13-3-4-16-10(8)13/h1-4,6H,5H2,(H,14,15). The van der Waals surface area contributed by atoms with Crippen molar-refractivity contribution >= 4 is 23.4 Å². The van der Waals surface area contributed by atoms with Crippen LogP contribution in [0.2, 0.25) is 0 Å². The second-order valence-electron chi connectivity index (χ2n) is 3.54. The lowest BCUT2D eigenvalue weighted by Crippen LogP contribution is -2.22. The van der Waals surface area contributed by atoms with Gasteiger partial charge in [-0.05, 0) is 17.0 Å². The molecule has 16 heavy (non-hydrogen) atoms. The molecule has 2 aliphatic heterocycles. The van der Waals surface area contributed by atoms with E-state index in [1.54, 1.807) is 12.4 Å². The van der Waals surface area contributed by atoms with Gasteiger partial charge in [0.15, 0.2) is 0 Å². The van der Waals surface area contributed by atoms with Gasteiger partial charge in [-0.15, -0.1) is 0 Å². The summed E-state index contributed by atoms with van der Waals surface area (Å²) in [5.74, 6) is -0.856. The second-order valence-corrected chi connectivity index (χ2v) is 4.44. The summed E-state index contributed by atoms with van der Waals surface area (Å²) in [6, 6.07) is 1.91. The Hall–Kier alpha value is -1.75. The van der Waals surface area contributed by atoms with E-state index in [4.69, 9.17) is 5.11 Å². The Kier molecular flexibility index (Phi) is 2.00. The molecular formula is C11H8N2O2S. The average molecular weight is 232 g/mol. The molecule has 3 heterocycles. The highest BCUT2D eigenvalue weighted by atomic mass is 32.2. The van der Waals surface area contributed by atoms with Crippen LogP contribution < -0.4 is 4.90 Å². The first-order chi connectivity index (χ1) is 7.77. The van der Waals surface area contributed by atoms with Crippen LogP contribution >= 0.6 is 11.8 Å². The molecule has 3 rings (SSSR count). The molecule has 0 bridgehead atoms. The highest BCUT2D eigenvalue weighted by Crippen LogP contribution is 2.42. The Balaban J connectivity index is 2.18. The Morgan fingerprint density at radius 1 is 1.56 bits per heavy atom. The van der Waals surface area contributed by atoms with E-state index in [0.29, 0.717) is 12.0 Å². The predicted molar refractivity (Wildman–Crippen MR) is 61.8 cm³/mol. The van der Waals surface area contributed by atoms with Crippen LogP contribution in [-0.4, -0.2) is 16.1 Å². The molecule has 0 fully saturated rings. The summed E-state index contributed by atoms with van der Waals surface area (Å²) in [5.41, 5.74) is 2.42. The molecule has 0 saturated heterocycles. The Morgan fingerprint density at radius 2 is 2.44 bits per heavy atom. The number of anilines is 1. The maximum atomic E-state index is 11.2. The summed E-state index contributed by atoms with van der Waals surface area (Å²) >= 11 is 1.45. The van der Waals surface area contributed by atoms with Crippen molar-refractivity contribution < 1.29 is 9.90 Å². The highest BCUT2D eigenvalue weighted by molar-refractivity contribution is 8.06. The number of aliphatic carboxylic acids is 1. The molecule has 0 unspecified atom stereocenters. The summed E-state index contributed by atoms with van der Waals surface area (Å²) in [7, 11) is 0. The number of nitrogens with zero attached hydrogens (tertiary/aromatic N) is 2. The lowest BCUT2D eigenvalue weighted by Gasteiger charge is -2.27. The molecule has 80 valence electrons. The fraction of sp³-hybridized carbons (Fsp3) is 0.0909. The minimum Gasteiger partial charge on any atom is -0.478 e. The van der Waals surface area contributed by atoms with Crippen molar-refractivity contribution in [2.24, 2.45) is 0 Å². The van der Waals surface area contributed by atoms with Crippen molar-refractivity contribution in [3.63, 3.8) is 0 Å². The van der Waals surface area contributed by atoms with Crippen LogP contribution in [0, 0.1) is 0 Å². The number of rotatable bonds is 1. The van der Waals surface area contributed by atoms with Crippen LogP contribution in [0.25, 0.3) is 0 Å². The molecule has 1 N–H and O–H groups in total. The molecule has 2 aliphatic rings. The predicted octanol–water partition coefficient (Wildman–Crippen LogP) is 1.96. The molecule has 5 heteroatoms. The van der Waals surface area contributed by atoms with E-state index in [-0.39, 0.29) is 0 Å². The number of pyridine rings is 1. The van der Waals surface area contributed by atoms with Crippen LogP contribution in [0.1, 0.15) is 5.56 Å². The van der Waals surface area contributed by atoms with Gasteiger partial charge in [0.05, 0.1) is 16.3 Å². The maximum absolute atomic E-state index is 11.2. The van der Waals surface area contributed by atoms with E-state index >= 15 is 0 Å². The molecule has 0 spiro atoms. The van der Waals surface area contributed by atoms with Gasteiger partial charge in [-0.1, -0.05) is 11.8 Å². The van der Waals surface area contributed by atoms with Gasteiger partial charge in [0.1, 0.15) is 0 Å². The SMILES string of the molecule is O=C(O)C1=C2SC=CN2c2ccncc2C1. The first-order valence-corrected chi connectivity index (χ1v) is 5.67. The van der Waals surface area contributed by atoms with E-state index in [9.17, 15) is 4.79 Å². The number of carboxylic acids is 1. The number of aromatic nitrogens is 1. The van der Waals surface area contributed by atoms with E-state index < -0.39 is 5.97 Å². The number of hydrogen-bond acceptors (Lipinski definition) is 4. The van der Waals surface area contributed by atoms with E-state index in [0.717, 1.165) is 16.3 Å². The van der Waals surface area contributed by atoms with Gasteiger partial charge in [-0.3, -0.25) is 4.98 Å². The van der Waals surface area contributed by atoms with Crippen molar-refractivity contribution in [1.82, 2.24) is 4.98 Å². The molecule has 0 aromatic carbocycles. The van der Waals surface area contributed by atoms with Crippen molar-refractivity contribution in [3.05, 3.63) is 46.2 Å². The fourth-order valence-electron chi connectivity index (χ4n) is 1.91. The molecule has 0 saturated carbocycles. The van der Waals surface area contributed by atoms with Crippen molar-refractivity contribution in [2.45, 2.75) is 6.42 Å². The van der Waals surface area contributed by atoms with Gasteiger partial charge in [0.25, 0.3) is 0 Å². The zero-order valence-corrected chi connectivity index (χ0v) is 9.07. The quantitative estimate of drug-likeness (QED) is 0.802. The first kappa shape index (κ1) is 9.47.